The normalized spacial score (nSPS) is 12.0. The smallest absolute Gasteiger partial charge is 0.251 e. The summed E-state index contributed by atoms with van der Waals surface area (Å²) in [5.74, 6) is -0.0590. The van der Waals surface area contributed by atoms with Gasteiger partial charge in [-0.05, 0) is 38.5 Å². The molecular weight excluding hydrogens is 226 g/mol. The first-order valence-electron chi connectivity index (χ1n) is 6.41. The summed E-state index contributed by atoms with van der Waals surface area (Å²) in [5.41, 5.74) is 8.24. The largest absolute Gasteiger partial charge is 0.397 e. The van der Waals surface area contributed by atoms with Gasteiger partial charge in [0.25, 0.3) is 5.91 Å². The molecule has 0 saturated carbocycles. The Hall–Kier alpha value is -1.71. The fourth-order valence-electron chi connectivity index (χ4n) is 1.76. The van der Waals surface area contributed by atoms with Crippen LogP contribution in [0.4, 0.5) is 11.4 Å². The van der Waals surface area contributed by atoms with E-state index < -0.39 is 0 Å². The number of anilines is 2. The third-order valence-corrected chi connectivity index (χ3v) is 3.26. The molecular formula is C14H23N3O. The first-order chi connectivity index (χ1) is 8.51. The van der Waals surface area contributed by atoms with E-state index in [9.17, 15) is 4.79 Å². The van der Waals surface area contributed by atoms with E-state index in [-0.39, 0.29) is 5.91 Å². The van der Waals surface area contributed by atoms with Crippen LogP contribution in [0.2, 0.25) is 0 Å². The minimum atomic E-state index is -0.0590. The quantitative estimate of drug-likeness (QED) is 0.787. The molecule has 1 rings (SSSR count). The second-order valence-corrected chi connectivity index (χ2v) is 4.50. The number of rotatable bonds is 5. The van der Waals surface area contributed by atoms with E-state index in [4.69, 9.17) is 5.73 Å². The fourth-order valence-corrected chi connectivity index (χ4v) is 1.76. The van der Waals surface area contributed by atoms with Crippen molar-refractivity contribution in [1.29, 1.82) is 0 Å². The summed E-state index contributed by atoms with van der Waals surface area (Å²) in [7, 11) is 2.00. The van der Waals surface area contributed by atoms with Crippen LogP contribution in [-0.4, -0.2) is 25.5 Å². The number of nitrogens with zero attached hydrogens (tertiary/aromatic N) is 1. The van der Waals surface area contributed by atoms with Crippen LogP contribution >= 0.6 is 0 Å². The summed E-state index contributed by atoms with van der Waals surface area (Å²) in [4.78, 5) is 13.9. The van der Waals surface area contributed by atoms with Crippen LogP contribution < -0.4 is 16.0 Å². The first-order valence-corrected chi connectivity index (χ1v) is 6.41. The number of nitrogen functional groups attached to an aromatic ring is 1. The molecule has 0 fully saturated rings. The summed E-state index contributed by atoms with van der Waals surface area (Å²) in [6.45, 7) is 6.80. The van der Waals surface area contributed by atoms with Crippen molar-refractivity contribution in [2.45, 2.75) is 33.2 Å². The molecule has 100 valence electrons. The molecule has 0 aliphatic carbocycles. The van der Waals surface area contributed by atoms with Crippen molar-refractivity contribution in [2.75, 3.05) is 24.2 Å². The zero-order valence-corrected chi connectivity index (χ0v) is 11.7. The van der Waals surface area contributed by atoms with Crippen LogP contribution in [0.15, 0.2) is 18.2 Å². The lowest BCUT2D eigenvalue weighted by Gasteiger charge is -2.27. The molecule has 1 atom stereocenters. The zero-order chi connectivity index (χ0) is 13.7. The summed E-state index contributed by atoms with van der Waals surface area (Å²) < 4.78 is 0. The fraction of sp³-hybridized carbons (Fsp3) is 0.500. The summed E-state index contributed by atoms with van der Waals surface area (Å²) in [6.07, 6.45) is 1.03. The second kappa shape index (κ2) is 6.28. The highest BCUT2D eigenvalue weighted by Crippen LogP contribution is 2.25. The van der Waals surface area contributed by atoms with Crippen LogP contribution in [-0.2, 0) is 0 Å². The Bertz CT molecular complexity index is 418. The average molecular weight is 249 g/mol. The zero-order valence-electron chi connectivity index (χ0n) is 11.7. The number of nitrogens with two attached hydrogens (primary N) is 1. The SMILES string of the molecule is CCNC(=O)c1ccc(N)c(N(C)C(C)CC)c1. The number of nitrogens with one attached hydrogen (secondary N) is 1. The average Bonchev–Trinajstić information content (AvgIpc) is 2.37. The molecule has 1 aromatic rings. The van der Waals surface area contributed by atoms with Gasteiger partial charge in [-0.3, -0.25) is 4.79 Å². The molecule has 0 spiro atoms. The molecule has 0 aromatic heterocycles. The number of carbonyl (C=O) groups is 1. The van der Waals surface area contributed by atoms with Crippen molar-refractivity contribution in [3.63, 3.8) is 0 Å². The Morgan fingerprint density at radius 3 is 2.67 bits per heavy atom. The third-order valence-electron chi connectivity index (χ3n) is 3.26. The monoisotopic (exact) mass is 249 g/mol. The molecule has 0 aliphatic rings. The van der Waals surface area contributed by atoms with Gasteiger partial charge in [-0.2, -0.15) is 0 Å². The van der Waals surface area contributed by atoms with Gasteiger partial charge in [0.15, 0.2) is 0 Å². The van der Waals surface area contributed by atoms with Crippen molar-refractivity contribution in [3.8, 4) is 0 Å². The number of hydrogen-bond acceptors (Lipinski definition) is 3. The van der Waals surface area contributed by atoms with Crippen LogP contribution in [0.3, 0.4) is 0 Å². The molecule has 1 aromatic carbocycles. The van der Waals surface area contributed by atoms with Crippen molar-refractivity contribution in [1.82, 2.24) is 5.32 Å². The molecule has 0 heterocycles. The highest BCUT2D eigenvalue weighted by Gasteiger charge is 2.13. The second-order valence-electron chi connectivity index (χ2n) is 4.50. The van der Waals surface area contributed by atoms with Crippen LogP contribution in [0.25, 0.3) is 0 Å². The van der Waals surface area contributed by atoms with E-state index in [0.717, 1.165) is 12.1 Å². The van der Waals surface area contributed by atoms with E-state index >= 15 is 0 Å². The maximum atomic E-state index is 11.8. The minimum absolute atomic E-state index is 0.0590. The molecule has 1 amide bonds. The maximum absolute atomic E-state index is 11.8. The van der Waals surface area contributed by atoms with Gasteiger partial charge in [0.2, 0.25) is 0 Å². The first kappa shape index (κ1) is 14.4. The molecule has 18 heavy (non-hydrogen) atoms. The van der Waals surface area contributed by atoms with Gasteiger partial charge in [-0.1, -0.05) is 6.92 Å². The number of benzene rings is 1. The third kappa shape index (κ3) is 3.15. The van der Waals surface area contributed by atoms with Gasteiger partial charge in [0, 0.05) is 25.2 Å². The molecule has 0 radical (unpaired) electrons. The minimum Gasteiger partial charge on any atom is -0.397 e. The molecule has 0 bridgehead atoms. The van der Waals surface area contributed by atoms with Gasteiger partial charge in [0.1, 0.15) is 0 Å². The van der Waals surface area contributed by atoms with Crippen molar-refractivity contribution in [3.05, 3.63) is 23.8 Å². The van der Waals surface area contributed by atoms with Crippen molar-refractivity contribution in [2.24, 2.45) is 0 Å². The Kier molecular flexibility index (Phi) is 5.01. The number of amides is 1. The Morgan fingerprint density at radius 1 is 1.44 bits per heavy atom. The van der Waals surface area contributed by atoms with Crippen LogP contribution in [0.5, 0.6) is 0 Å². The maximum Gasteiger partial charge on any atom is 0.251 e. The van der Waals surface area contributed by atoms with Gasteiger partial charge in [-0.15, -0.1) is 0 Å². The molecule has 1 unspecified atom stereocenters. The molecule has 4 nitrogen and oxygen atoms in total. The Labute approximate surface area is 109 Å². The van der Waals surface area contributed by atoms with E-state index in [1.54, 1.807) is 12.1 Å². The van der Waals surface area contributed by atoms with E-state index in [1.165, 1.54) is 0 Å². The molecule has 3 N–H and O–H groups in total. The van der Waals surface area contributed by atoms with E-state index in [1.807, 2.05) is 20.0 Å². The lowest BCUT2D eigenvalue weighted by molar-refractivity contribution is 0.0956. The lowest BCUT2D eigenvalue weighted by atomic mass is 10.1. The molecule has 0 saturated heterocycles. The van der Waals surface area contributed by atoms with Gasteiger partial charge < -0.3 is 16.0 Å². The van der Waals surface area contributed by atoms with Crippen molar-refractivity contribution >= 4 is 17.3 Å². The Balaban J connectivity index is 3.04. The van der Waals surface area contributed by atoms with Gasteiger partial charge in [-0.25, -0.2) is 0 Å². The number of hydrogen-bond donors (Lipinski definition) is 2. The van der Waals surface area contributed by atoms with Crippen LogP contribution in [0.1, 0.15) is 37.6 Å². The highest BCUT2D eigenvalue weighted by molar-refractivity contribution is 5.96. The molecule has 0 aliphatic heterocycles. The highest BCUT2D eigenvalue weighted by atomic mass is 16.1. The van der Waals surface area contributed by atoms with Gasteiger partial charge >= 0.3 is 0 Å². The van der Waals surface area contributed by atoms with E-state index in [2.05, 4.69) is 24.1 Å². The van der Waals surface area contributed by atoms with Crippen molar-refractivity contribution < 1.29 is 4.79 Å². The summed E-state index contributed by atoms with van der Waals surface area (Å²) >= 11 is 0. The van der Waals surface area contributed by atoms with Crippen LogP contribution in [0, 0.1) is 0 Å². The Morgan fingerprint density at radius 2 is 2.11 bits per heavy atom. The summed E-state index contributed by atoms with van der Waals surface area (Å²) in [6, 6.07) is 5.79. The standard InChI is InChI=1S/C14H23N3O/c1-5-10(3)17(4)13-9-11(7-8-12(13)15)14(18)16-6-2/h7-10H,5-6,15H2,1-4H3,(H,16,18). The van der Waals surface area contributed by atoms with E-state index in [0.29, 0.717) is 23.8 Å². The van der Waals surface area contributed by atoms with Gasteiger partial charge in [0.05, 0.1) is 11.4 Å². The lowest BCUT2D eigenvalue weighted by Crippen LogP contribution is -2.29. The predicted octanol–water partition coefficient (Wildman–Crippen LogP) is 2.25. The molecule has 4 heteroatoms. The topological polar surface area (TPSA) is 58.4 Å². The summed E-state index contributed by atoms with van der Waals surface area (Å²) in [5, 5.41) is 2.79. The number of carbonyl (C=O) groups excluding carboxylic acids is 1. The predicted molar refractivity (Wildman–Crippen MR) is 77.0 cm³/mol.